The summed E-state index contributed by atoms with van der Waals surface area (Å²) in [6.45, 7) is 4.94. The Bertz CT molecular complexity index is 971. The zero-order valence-corrected chi connectivity index (χ0v) is 20.7. The minimum absolute atomic E-state index is 0.182. The molecule has 2 aromatic rings. The molecule has 2 aliphatic rings. The van der Waals surface area contributed by atoms with Gasteiger partial charge in [0.2, 0.25) is 5.91 Å². The number of thioether (sulfide) groups is 1. The minimum Gasteiger partial charge on any atom is -0.377 e. The van der Waals surface area contributed by atoms with Crippen molar-refractivity contribution in [1.82, 2.24) is 5.32 Å². The number of rotatable bonds is 10. The molecule has 4 rings (SSSR count). The number of carbonyl (C=O) groups is 2. The van der Waals surface area contributed by atoms with Crippen molar-refractivity contribution in [2.24, 2.45) is 0 Å². The van der Waals surface area contributed by atoms with Gasteiger partial charge < -0.3 is 20.3 Å². The summed E-state index contributed by atoms with van der Waals surface area (Å²) in [7, 11) is 0. The fourth-order valence-corrected chi connectivity index (χ4v) is 5.64. The lowest BCUT2D eigenvalue weighted by atomic mass is 10.1. The first kappa shape index (κ1) is 24.6. The van der Waals surface area contributed by atoms with E-state index < -0.39 is 6.04 Å². The van der Waals surface area contributed by atoms with Crippen LogP contribution in [0.4, 0.5) is 11.4 Å². The molecule has 6 nitrogen and oxygen atoms in total. The lowest BCUT2D eigenvalue weighted by Gasteiger charge is -2.21. The number of carbonyl (C=O) groups excluding carboxylic acids is 2. The van der Waals surface area contributed by atoms with E-state index in [9.17, 15) is 9.59 Å². The molecule has 2 aromatic carbocycles. The van der Waals surface area contributed by atoms with E-state index in [2.05, 4.69) is 21.6 Å². The summed E-state index contributed by atoms with van der Waals surface area (Å²) in [4.78, 5) is 29.6. The van der Waals surface area contributed by atoms with Crippen LogP contribution in [-0.4, -0.2) is 49.4 Å². The molecule has 2 atom stereocenters. The van der Waals surface area contributed by atoms with Crippen molar-refractivity contribution >= 4 is 35.0 Å². The van der Waals surface area contributed by atoms with Crippen LogP contribution in [0.1, 0.15) is 55.8 Å². The van der Waals surface area contributed by atoms with Crippen LogP contribution in [0.3, 0.4) is 0 Å². The van der Waals surface area contributed by atoms with Crippen LogP contribution in [0, 0.1) is 0 Å². The van der Waals surface area contributed by atoms with Gasteiger partial charge in [-0.15, -0.1) is 11.8 Å². The number of ether oxygens (including phenoxy) is 1. The normalized spacial score (nSPS) is 18.6. The molecule has 0 radical (unpaired) electrons. The van der Waals surface area contributed by atoms with Crippen molar-refractivity contribution in [2.75, 3.05) is 35.7 Å². The molecule has 0 aliphatic carbocycles. The quantitative estimate of drug-likeness (QED) is 0.462. The first-order valence-electron chi connectivity index (χ1n) is 12.4. The van der Waals surface area contributed by atoms with Gasteiger partial charge in [-0.05, 0) is 62.4 Å². The summed E-state index contributed by atoms with van der Waals surface area (Å²) >= 11 is 1.65. The molecular weight excluding hydrogens is 446 g/mol. The maximum absolute atomic E-state index is 13.2. The minimum atomic E-state index is -0.593. The van der Waals surface area contributed by atoms with Gasteiger partial charge in [0.25, 0.3) is 5.91 Å². The Balaban J connectivity index is 1.40. The number of hydrogen-bond donors (Lipinski definition) is 2. The summed E-state index contributed by atoms with van der Waals surface area (Å²) in [6.07, 6.45) is 6.19. The molecular formula is C27H35N3O3S. The topological polar surface area (TPSA) is 70.7 Å². The van der Waals surface area contributed by atoms with Gasteiger partial charge in [-0.1, -0.05) is 31.5 Å². The summed E-state index contributed by atoms with van der Waals surface area (Å²) in [5, 5.41) is 6.01. The smallest absolute Gasteiger partial charge is 0.253 e. The first-order valence-corrected chi connectivity index (χ1v) is 13.4. The number of benzene rings is 2. The van der Waals surface area contributed by atoms with E-state index in [-0.39, 0.29) is 17.9 Å². The molecule has 0 aromatic heterocycles. The largest absolute Gasteiger partial charge is 0.377 e. The third kappa shape index (κ3) is 6.54. The van der Waals surface area contributed by atoms with Crippen LogP contribution in [0.25, 0.3) is 0 Å². The van der Waals surface area contributed by atoms with E-state index in [0.29, 0.717) is 12.0 Å². The molecule has 182 valence electrons. The predicted octanol–water partition coefficient (Wildman–Crippen LogP) is 5.10. The van der Waals surface area contributed by atoms with Gasteiger partial charge in [0.05, 0.1) is 11.7 Å². The van der Waals surface area contributed by atoms with E-state index in [1.165, 1.54) is 12.8 Å². The molecule has 2 unspecified atom stereocenters. The Labute approximate surface area is 206 Å². The monoisotopic (exact) mass is 481 g/mol. The van der Waals surface area contributed by atoms with E-state index in [1.807, 2.05) is 49.4 Å². The highest BCUT2D eigenvalue weighted by Gasteiger charge is 2.23. The number of anilines is 2. The van der Waals surface area contributed by atoms with E-state index >= 15 is 0 Å². The second-order valence-electron chi connectivity index (χ2n) is 8.99. The molecule has 2 amide bonds. The van der Waals surface area contributed by atoms with E-state index in [1.54, 1.807) is 11.8 Å². The number of nitrogens with zero attached hydrogens (tertiary/aromatic N) is 1. The third-order valence-corrected chi connectivity index (χ3v) is 7.57. The summed E-state index contributed by atoms with van der Waals surface area (Å²) in [5.41, 5.74) is 2.50. The van der Waals surface area contributed by atoms with Crippen LogP contribution in [0.15, 0.2) is 53.4 Å². The third-order valence-electron chi connectivity index (χ3n) is 6.36. The van der Waals surface area contributed by atoms with Gasteiger partial charge in [0, 0.05) is 41.7 Å². The Morgan fingerprint density at radius 3 is 2.71 bits per heavy atom. The Hall–Kier alpha value is -2.51. The number of hydrogen-bond acceptors (Lipinski definition) is 5. The average molecular weight is 482 g/mol. The number of nitrogens with one attached hydrogen (secondary N) is 2. The van der Waals surface area contributed by atoms with Gasteiger partial charge in [-0.3, -0.25) is 9.59 Å². The number of amides is 2. The second kappa shape index (κ2) is 12.3. The van der Waals surface area contributed by atoms with Crippen molar-refractivity contribution in [3.05, 3.63) is 54.1 Å². The SMILES string of the molecule is CCCC(NC(=O)c1ccccc1SCC1CCCO1)C(=O)Nc1cccc(N2CCCC2)c1. The van der Waals surface area contributed by atoms with Gasteiger partial charge >= 0.3 is 0 Å². The standard InChI is InChI=1S/C27H35N3O3S/c1-2-9-24(27(32)28-20-10-7-11-21(18-20)30-15-5-6-16-30)29-26(31)23-13-3-4-14-25(23)34-19-22-12-8-17-33-22/h3-4,7,10-11,13-14,18,22,24H,2,5-6,8-9,12,15-17,19H2,1H3,(H,28,32)(H,29,31). The Morgan fingerprint density at radius 2 is 1.94 bits per heavy atom. The first-order chi connectivity index (χ1) is 16.6. The van der Waals surface area contributed by atoms with Crippen molar-refractivity contribution in [3.63, 3.8) is 0 Å². The highest BCUT2D eigenvalue weighted by Crippen LogP contribution is 2.27. The Kier molecular flexibility index (Phi) is 8.88. The second-order valence-corrected chi connectivity index (χ2v) is 10.1. The molecule has 0 saturated carbocycles. The molecule has 2 fully saturated rings. The van der Waals surface area contributed by atoms with Crippen molar-refractivity contribution < 1.29 is 14.3 Å². The van der Waals surface area contributed by atoms with Crippen LogP contribution in [0.5, 0.6) is 0 Å². The predicted molar refractivity (Wildman–Crippen MR) is 139 cm³/mol. The summed E-state index contributed by atoms with van der Waals surface area (Å²) in [6, 6.07) is 15.0. The molecule has 7 heteroatoms. The fraction of sp³-hybridized carbons (Fsp3) is 0.481. The highest BCUT2D eigenvalue weighted by molar-refractivity contribution is 7.99. The van der Waals surface area contributed by atoms with Gasteiger partial charge in [-0.25, -0.2) is 0 Å². The molecule has 2 heterocycles. The maximum Gasteiger partial charge on any atom is 0.253 e. The molecule has 2 saturated heterocycles. The fourth-order valence-electron chi connectivity index (χ4n) is 4.52. The van der Waals surface area contributed by atoms with Crippen LogP contribution in [-0.2, 0) is 9.53 Å². The van der Waals surface area contributed by atoms with Crippen LogP contribution >= 0.6 is 11.8 Å². The lowest BCUT2D eigenvalue weighted by molar-refractivity contribution is -0.118. The molecule has 2 aliphatic heterocycles. The van der Waals surface area contributed by atoms with Gasteiger partial charge in [-0.2, -0.15) is 0 Å². The highest BCUT2D eigenvalue weighted by atomic mass is 32.2. The molecule has 0 spiro atoms. The summed E-state index contributed by atoms with van der Waals surface area (Å²) in [5.74, 6) is 0.435. The zero-order valence-electron chi connectivity index (χ0n) is 19.9. The van der Waals surface area contributed by atoms with Gasteiger partial charge in [0.15, 0.2) is 0 Å². The van der Waals surface area contributed by atoms with Crippen LogP contribution < -0.4 is 15.5 Å². The summed E-state index contributed by atoms with van der Waals surface area (Å²) < 4.78 is 5.72. The van der Waals surface area contributed by atoms with Crippen molar-refractivity contribution in [1.29, 1.82) is 0 Å². The molecule has 0 bridgehead atoms. The molecule has 34 heavy (non-hydrogen) atoms. The van der Waals surface area contributed by atoms with Crippen molar-refractivity contribution in [2.45, 2.75) is 62.5 Å². The van der Waals surface area contributed by atoms with Gasteiger partial charge in [0.1, 0.15) is 6.04 Å². The zero-order chi connectivity index (χ0) is 23.8. The Morgan fingerprint density at radius 1 is 1.12 bits per heavy atom. The molecule has 2 N–H and O–H groups in total. The van der Waals surface area contributed by atoms with E-state index in [0.717, 1.165) is 61.0 Å². The maximum atomic E-state index is 13.2. The lowest BCUT2D eigenvalue weighted by Crippen LogP contribution is -2.43. The average Bonchev–Trinajstić information content (AvgIpc) is 3.57. The van der Waals surface area contributed by atoms with Crippen molar-refractivity contribution in [3.8, 4) is 0 Å². The van der Waals surface area contributed by atoms with Crippen LogP contribution in [0.2, 0.25) is 0 Å². The van der Waals surface area contributed by atoms with E-state index in [4.69, 9.17) is 4.74 Å².